The Labute approximate surface area is 105 Å². The molecule has 10 heteroatoms. The number of alkyl halides is 2. The van der Waals surface area contributed by atoms with Crippen LogP contribution in [0.2, 0.25) is 0 Å². The van der Waals surface area contributed by atoms with Crippen LogP contribution < -0.4 is 0 Å². The van der Waals surface area contributed by atoms with Crippen molar-refractivity contribution in [2.75, 3.05) is 38.2 Å². The maximum absolute atomic E-state index is 10.9. The first-order valence-corrected chi connectivity index (χ1v) is 7.54. The molecule has 0 saturated heterocycles. The van der Waals surface area contributed by atoms with Gasteiger partial charge in [0.2, 0.25) is 0 Å². The van der Waals surface area contributed by atoms with E-state index in [2.05, 4.69) is 9.05 Å². The summed E-state index contributed by atoms with van der Waals surface area (Å²) >= 11 is 10.6. The molecule has 0 spiro atoms. The first-order valence-electron chi connectivity index (χ1n) is 4.28. The Hall–Kier alpha value is 0.620. The van der Waals surface area contributed by atoms with E-state index in [-0.39, 0.29) is 38.2 Å². The summed E-state index contributed by atoms with van der Waals surface area (Å²) in [5.74, 6) is 0.470. The van der Waals surface area contributed by atoms with Crippen molar-refractivity contribution in [1.82, 2.24) is 0 Å². The molecule has 0 N–H and O–H groups in total. The van der Waals surface area contributed by atoms with Crippen molar-refractivity contribution in [1.29, 1.82) is 0 Å². The van der Waals surface area contributed by atoms with Crippen LogP contribution >= 0.6 is 39.7 Å². The summed E-state index contributed by atoms with van der Waals surface area (Å²) < 4.78 is 40.4. The molecule has 16 heavy (non-hydrogen) atoms. The fraction of sp³-hybridized carbons (Fsp3) is 1.00. The lowest BCUT2D eigenvalue weighted by Crippen LogP contribution is -1.98. The van der Waals surface area contributed by atoms with E-state index >= 15 is 0 Å². The predicted octanol–water partition coefficient (Wildman–Crippen LogP) is 2.85. The van der Waals surface area contributed by atoms with Gasteiger partial charge in [-0.15, -0.1) is 41.3 Å². The molecule has 2 atom stereocenters. The van der Waals surface area contributed by atoms with Gasteiger partial charge in [-0.2, -0.15) is 0 Å². The molecule has 0 aromatic heterocycles. The Morgan fingerprint density at radius 1 is 0.688 bits per heavy atom. The molecule has 0 bridgehead atoms. The lowest BCUT2D eigenvalue weighted by Gasteiger charge is -1.88. The second kappa shape index (κ2) is 12.1. The molecule has 0 heterocycles. The molecular formula is C6H12Cl2O6P2+2. The Balaban J connectivity index is 3.31. The van der Waals surface area contributed by atoms with E-state index < -0.39 is 16.5 Å². The lowest BCUT2D eigenvalue weighted by molar-refractivity contribution is 0.172. The average molecular weight is 313 g/mol. The summed E-state index contributed by atoms with van der Waals surface area (Å²) in [6.45, 7) is 0.265. The molecule has 94 valence electrons. The molecule has 2 unspecified atom stereocenters. The summed E-state index contributed by atoms with van der Waals surface area (Å²) in [6, 6.07) is 0. The molecule has 0 saturated carbocycles. The Bertz CT molecular complexity index is 195. The van der Waals surface area contributed by atoms with E-state index in [9.17, 15) is 9.13 Å². The van der Waals surface area contributed by atoms with Crippen molar-refractivity contribution < 1.29 is 27.2 Å². The van der Waals surface area contributed by atoms with Crippen LogP contribution in [0.25, 0.3) is 0 Å². The highest BCUT2D eigenvalue weighted by atomic mass is 35.5. The summed E-state index contributed by atoms with van der Waals surface area (Å²) in [5, 5.41) is 0. The largest absolute Gasteiger partial charge is 0.697 e. The smallest absolute Gasteiger partial charge is 0.124 e. The molecule has 0 aliphatic rings. The van der Waals surface area contributed by atoms with Crippen molar-refractivity contribution in [2.45, 2.75) is 0 Å². The van der Waals surface area contributed by atoms with Gasteiger partial charge in [0.25, 0.3) is 0 Å². The minimum Gasteiger partial charge on any atom is -0.124 e. The number of rotatable bonds is 11. The first-order chi connectivity index (χ1) is 7.70. The molecule has 0 amide bonds. The fourth-order valence-electron chi connectivity index (χ4n) is 0.516. The van der Waals surface area contributed by atoms with E-state index in [1.54, 1.807) is 0 Å². The highest BCUT2D eigenvalue weighted by molar-refractivity contribution is 7.33. The topological polar surface area (TPSA) is 71.1 Å². The predicted molar refractivity (Wildman–Crippen MR) is 60.5 cm³/mol. The second-order valence-corrected chi connectivity index (χ2v) is 4.84. The van der Waals surface area contributed by atoms with Crippen LogP contribution in [0.3, 0.4) is 0 Å². The van der Waals surface area contributed by atoms with Crippen molar-refractivity contribution in [2.24, 2.45) is 0 Å². The molecule has 0 fully saturated rings. The van der Waals surface area contributed by atoms with Gasteiger partial charge in [-0.25, -0.2) is 0 Å². The number of hydrogen-bond donors (Lipinski definition) is 0. The number of hydrogen-bond acceptors (Lipinski definition) is 6. The van der Waals surface area contributed by atoms with E-state index in [1.807, 2.05) is 0 Å². The van der Waals surface area contributed by atoms with Crippen LogP contribution in [0.5, 0.6) is 0 Å². The SMILES string of the molecule is O=[P+](OCCCl)OCCO[P+](=O)OCCCl. The van der Waals surface area contributed by atoms with Crippen molar-refractivity contribution in [3.8, 4) is 0 Å². The Morgan fingerprint density at radius 2 is 1.00 bits per heavy atom. The van der Waals surface area contributed by atoms with Crippen LogP contribution in [-0.4, -0.2) is 38.2 Å². The van der Waals surface area contributed by atoms with Crippen LogP contribution in [0.15, 0.2) is 0 Å². The number of halogens is 2. The Kier molecular flexibility index (Phi) is 12.6. The third-order valence-electron chi connectivity index (χ3n) is 1.02. The van der Waals surface area contributed by atoms with E-state index in [0.29, 0.717) is 0 Å². The Morgan fingerprint density at radius 3 is 1.31 bits per heavy atom. The minimum absolute atomic E-state index is 0.0111. The van der Waals surface area contributed by atoms with E-state index in [0.717, 1.165) is 0 Å². The molecule has 0 aromatic rings. The van der Waals surface area contributed by atoms with Gasteiger partial charge in [-0.1, -0.05) is 0 Å². The maximum Gasteiger partial charge on any atom is 0.697 e. The van der Waals surface area contributed by atoms with Crippen LogP contribution in [0.1, 0.15) is 0 Å². The highest BCUT2D eigenvalue weighted by Crippen LogP contribution is 2.26. The van der Waals surface area contributed by atoms with Crippen LogP contribution in [-0.2, 0) is 27.2 Å². The molecule has 0 radical (unpaired) electrons. The molecule has 6 nitrogen and oxygen atoms in total. The van der Waals surface area contributed by atoms with Gasteiger partial charge in [0.1, 0.15) is 26.4 Å². The standard InChI is InChI=1S/C6H12Cl2O6P2/c7-1-3-11-15(9)13-5-6-14-16(10)12-4-2-8/h1-6H2/q+2. The van der Waals surface area contributed by atoms with E-state index in [1.165, 1.54) is 0 Å². The van der Waals surface area contributed by atoms with Gasteiger partial charge in [0.05, 0.1) is 11.8 Å². The van der Waals surface area contributed by atoms with Gasteiger partial charge in [0, 0.05) is 9.13 Å². The summed E-state index contributed by atoms with van der Waals surface area (Å²) in [4.78, 5) is 0. The lowest BCUT2D eigenvalue weighted by atomic mass is 10.8. The monoisotopic (exact) mass is 312 g/mol. The van der Waals surface area contributed by atoms with Gasteiger partial charge in [-0.3, -0.25) is 0 Å². The van der Waals surface area contributed by atoms with Crippen molar-refractivity contribution in [3.05, 3.63) is 0 Å². The first kappa shape index (κ1) is 16.6. The van der Waals surface area contributed by atoms with Gasteiger partial charge in [-0.05, 0) is 0 Å². The third-order valence-corrected chi connectivity index (χ3v) is 2.91. The molecule has 0 aliphatic heterocycles. The van der Waals surface area contributed by atoms with Crippen LogP contribution in [0, 0.1) is 0 Å². The molecule has 0 rings (SSSR count). The average Bonchev–Trinajstić information content (AvgIpc) is 2.29. The normalized spacial score (nSPS) is 12.6. The van der Waals surface area contributed by atoms with Crippen LogP contribution in [0.4, 0.5) is 0 Å². The maximum atomic E-state index is 10.9. The summed E-state index contributed by atoms with van der Waals surface area (Å²) in [5.41, 5.74) is 0. The summed E-state index contributed by atoms with van der Waals surface area (Å²) in [7, 11) is -4.40. The highest BCUT2D eigenvalue weighted by Gasteiger charge is 2.23. The zero-order valence-corrected chi connectivity index (χ0v) is 11.6. The van der Waals surface area contributed by atoms with E-state index in [4.69, 9.17) is 32.2 Å². The molecule has 0 aromatic carbocycles. The van der Waals surface area contributed by atoms with Gasteiger partial charge in [0.15, 0.2) is 0 Å². The van der Waals surface area contributed by atoms with Crippen molar-refractivity contribution >= 4 is 39.7 Å². The quantitative estimate of drug-likeness (QED) is 0.332. The van der Waals surface area contributed by atoms with Crippen molar-refractivity contribution in [3.63, 3.8) is 0 Å². The molecular weight excluding hydrogens is 301 g/mol. The second-order valence-electron chi connectivity index (χ2n) is 2.16. The van der Waals surface area contributed by atoms with Gasteiger partial charge < -0.3 is 0 Å². The molecule has 0 aliphatic carbocycles. The zero-order chi connectivity index (χ0) is 12.2. The summed E-state index contributed by atoms with van der Waals surface area (Å²) in [6.07, 6.45) is 0. The minimum atomic E-state index is -2.20. The van der Waals surface area contributed by atoms with Gasteiger partial charge >= 0.3 is 16.5 Å². The third kappa shape index (κ3) is 11.1. The fourth-order valence-corrected chi connectivity index (χ4v) is 1.96. The zero-order valence-electron chi connectivity index (χ0n) is 8.34.